The van der Waals surface area contributed by atoms with Crippen LogP contribution in [0.15, 0.2) is 22.7 Å². The molecule has 0 saturated carbocycles. The van der Waals surface area contributed by atoms with E-state index in [4.69, 9.17) is 4.74 Å². The lowest BCUT2D eigenvalue weighted by Crippen LogP contribution is -2.37. The highest BCUT2D eigenvalue weighted by molar-refractivity contribution is 9.11. The van der Waals surface area contributed by atoms with Gasteiger partial charge in [0.05, 0.1) is 12.2 Å². The van der Waals surface area contributed by atoms with Crippen molar-refractivity contribution in [3.05, 3.63) is 22.7 Å². The fourth-order valence-corrected chi connectivity index (χ4v) is 2.54. The molecule has 1 aliphatic rings. The van der Waals surface area contributed by atoms with E-state index in [9.17, 15) is 5.11 Å². The highest BCUT2D eigenvalue weighted by Crippen LogP contribution is 2.30. The Morgan fingerprint density at radius 1 is 1.67 bits per heavy atom. The van der Waals surface area contributed by atoms with Crippen molar-refractivity contribution in [1.82, 2.24) is 0 Å². The smallest absolute Gasteiger partial charge is 0.115 e. The molecule has 2 nitrogen and oxygen atoms in total. The Kier molecular flexibility index (Phi) is 5.03. The Morgan fingerprint density at radius 3 is 2.87 bits per heavy atom. The molecule has 3 heteroatoms. The minimum absolute atomic E-state index is 0.0749. The summed E-state index contributed by atoms with van der Waals surface area (Å²) in [5.41, 5.74) is 0. The average molecular weight is 275 g/mol. The molecule has 0 aliphatic carbocycles. The maximum Gasteiger partial charge on any atom is 0.115 e. The first-order chi connectivity index (χ1) is 7.06. The second-order valence-electron chi connectivity index (χ2n) is 4.01. The Bertz CT molecular complexity index is 258. The van der Waals surface area contributed by atoms with E-state index in [2.05, 4.69) is 48.0 Å². The number of halogens is 1. The molecule has 0 bridgehead atoms. The van der Waals surface area contributed by atoms with Crippen LogP contribution in [0.2, 0.25) is 0 Å². The lowest BCUT2D eigenvalue weighted by molar-refractivity contribution is -0.0497. The highest BCUT2D eigenvalue weighted by atomic mass is 79.9. The Hall–Kier alpha value is -0.120. The van der Waals surface area contributed by atoms with E-state index < -0.39 is 6.10 Å². The van der Waals surface area contributed by atoms with E-state index in [1.807, 2.05) is 0 Å². The molecule has 0 aromatic carbocycles. The molecular weight excluding hydrogens is 256 g/mol. The van der Waals surface area contributed by atoms with Gasteiger partial charge in [-0.15, -0.1) is 0 Å². The van der Waals surface area contributed by atoms with Crippen LogP contribution < -0.4 is 0 Å². The number of hydrogen-bond acceptors (Lipinski definition) is 2. The fraction of sp³-hybridized carbons (Fsp3) is 0.667. The number of aliphatic hydroxyl groups excluding tert-OH is 1. The molecule has 1 rings (SSSR count). The number of hydrogen-bond donors (Lipinski definition) is 1. The van der Waals surface area contributed by atoms with Crippen LogP contribution in [-0.2, 0) is 4.74 Å². The second-order valence-corrected chi connectivity index (χ2v) is 4.92. The van der Waals surface area contributed by atoms with Crippen molar-refractivity contribution in [2.45, 2.75) is 45.5 Å². The summed E-state index contributed by atoms with van der Waals surface area (Å²) in [6.07, 6.45) is 6.67. The van der Waals surface area contributed by atoms with Crippen molar-refractivity contribution in [3.63, 3.8) is 0 Å². The molecule has 15 heavy (non-hydrogen) atoms. The van der Waals surface area contributed by atoms with Gasteiger partial charge in [0.2, 0.25) is 0 Å². The van der Waals surface area contributed by atoms with Gasteiger partial charge < -0.3 is 9.84 Å². The Labute approximate surface area is 100 Å². The molecule has 0 aromatic heterocycles. The van der Waals surface area contributed by atoms with E-state index in [1.54, 1.807) is 6.92 Å². The summed E-state index contributed by atoms with van der Waals surface area (Å²) in [6, 6.07) is 0. The van der Waals surface area contributed by atoms with Crippen LogP contribution in [0.1, 0.15) is 27.2 Å². The zero-order chi connectivity index (χ0) is 11.4. The summed E-state index contributed by atoms with van der Waals surface area (Å²) in [7, 11) is 0. The molecule has 0 unspecified atom stereocenters. The molecule has 4 atom stereocenters. The van der Waals surface area contributed by atoms with Gasteiger partial charge in [-0.3, -0.25) is 0 Å². The van der Waals surface area contributed by atoms with Crippen molar-refractivity contribution in [2.24, 2.45) is 5.92 Å². The summed E-state index contributed by atoms with van der Waals surface area (Å²) >= 11 is 3.44. The number of aliphatic hydroxyl groups is 1. The van der Waals surface area contributed by atoms with E-state index >= 15 is 0 Å². The summed E-state index contributed by atoms with van der Waals surface area (Å²) in [5, 5.41) is 9.56. The maximum absolute atomic E-state index is 9.56. The largest absolute Gasteiger partial charge is 0.390 e. The van der Waals surface area contributed by atoms with Gasteiger partial charge in [-0.25, -0.2) is 0 Å². The molecule has 0 radical (unpaired) electrons. The third-order valence-electron chi connectivity index (χ3n) is 2.52. The number of allylic oxidation sites excluding steroid dienone is 1. The summed E-state index contributed by atoms with van der Waals surface area (Å²) in [5.74, 6) is 0.345. The third kappa shape index (κ3) is 3.44. The predicted octanol–water partition coefficient (Wildman–Crippen LogP) is 3.02. The highest BCUT2D eigenvalue weighted by Gasteiger charge is 2.29. The molecule has 0 spiro atoms. The van der Waals surface area contributed by atoms with Crippen molar-refractivity contribution in [2.75, 3.05) is 0 Å². The van der Waals surface area contributed by atoms with Crippen LogP contribution >= 0.6 is 15.9 Å². The molecule has 0 fully saturated rings. The summed E-state index contributed by atoms with van der Waals surface area (Å²) in [4.78, 5) is 0. The molecule has 0 aromatic rings. The molecule has 0 saturated heterocycles. The third-order valence-corrected chi connectivity index (χ3v) is 3.23. The van der Waals surface area contributed by atoms with Gasteiger partial charge in [-0.2, -0.15) is 0 Å². The SMILES string of the molecule is CC/C=C/[C@H]1O[C@H]([C@H](C)O)C(Br)=C[C@H]1C. The standard InChI is InChI=1S/C12H19BrO2/c1-4-5-6-11-8(2)7-10(13)12(15-11)9(3)14/h5-9,11-12,14H,4H2,1-3H3/b6-5+/t8-,9+,11-,12-/m1/s1. The van der Waals surface area contributed by atoms with Crippen LogP contribution in [0.5, 0.6) is 0 Å². The minimum atomic E-state index is -0.486. The van der Waals surface area contributed by atoms with Crippen LogP contribution in [0.3, 0.4) is 0 Å². The normalized spacial score (nSPS) is 34.2. The summed E-state index contributed by atoms with van der Waals surface area (Å²) < 4.78 is 6.77. The topological polar surface area (TPSA) is 29.5 Å². The zero-order valence-electron chi connectivity index (χ0n) is 9.48. The van der Waals surface area contributed by atoms with Gasteiger partial charge in [0.15, 0.2) is 0 Å². The molecular formula is C12H19BrO2. The van der Waals surface area contributed by atoms with Gasteiger partial charge >= 0.3 is 0 Å². The molecule has 1 N–H and O–H groups in total. The van der Waals surface area contributed by atoms with Gasteiger partial charge in [-0.1, -0.05) is 48.0 Å². The van der Waals surface area contributed by atoms with Crippen LogP contribution in [0.25, 0.3) is 0 Å². The Morgan fingerprint density at radius 2 is 2.33 bits per heavy atom. The second kappa shape index (κ2) is 5.83. The predicted molar refractivity (Wildman–Crippen MR) is 65.9 cm³/mol. The van der Waals surface area contributed by atoms with Crippen LogP contribution in [-0.4, -0.2) is 23.4 Å². The molecule has 86 valence electrons. The fourth-order valence-electron chi connectivity index (χ4n) is 1.63. The van der Waals surface area contributed by atoms with Crippen molar-refractivity contribution < 1.29 is 9.84 Å². The van der Waals surface area contributed by atoms with Crippen molar-refractivity contribution in [3.8, 4) is 0 Å². The summed E-state index contributed by atoms with van der Waals surface area (Å²) in [6.45, 7) is 5.96. The lowest BCUT2D eigenvalue weighted by atomic mass is 9.98. The first-order valence-corrected chi connectivity index (χ1v) is 6.23. The first-order valence-electron chi connectivity index (χ1n) is 5.43. The minimum Gasteiger partial charge on any atom is -0.390 e. The zero-order valence-corrected chi connectivity index (χ0v) is 11.1. The van der Waals surface area contributed by atoms with E-state index in [-0.39, 0.29) is 12.2 Å². The van der Waals surface area contributed by atoms with Crippen LogP contribution in [0, 0.1) is 5.92 Å². The quantitative estimate of drug-likeness (QED) is 0.802. The number of ether oxygens (including phenoxy) is 1. The van der Waals surface area contributed by atoms with Gasteiger partial charge in [0.25, 0.3) is 0 Å². The van der Waals surface area contributed by atoms with Gasteiger partial charge in [0, 0.05) is 10.4 Å². The van der Waals surface area contributed by atoms with E-state index in [0.717, 1.165) is 10.9 Å². The van der Waals surface area contributed by atoms with Crippen LogP contribution in [0.4, 0.5) is 0 Å². The van der Waals surface area contributed by atoms with E-state index in [0.29, 0.717) is 5.92 Å². The van der Waals surface area contributed by atoms with E-state index in [1.165, 1.54) is 0 Å². The van der Waals surface area contributed by atoms with Gasteiger partial charge in [-0.05, 0) is 13.3 Å². The molecule has 0 amide bonds. The van der Waals surface area contributed by atoms with Crippen molar-refractivity contribution >= 4 is 15.9 Å². The maximum atomic E-state index is 9.56. The molecule has 1 heterocycles. The first kappa shape index (κ1) is 12.9. The Balaban J connectivity index is 2.75. The lowest BCUT2D eigenvalue weighted by Gasteiger charge is -2.32. The molecule has 1 aliphatic heterocycles. The average Bonchev–Trinajstić information content (AvgIpc) is 2.16. The monoisotopic (exact) mass is 274 g/mol. The number of rotatable bonds is 3. The van der Waals surface area contributed by atoms with Gasteiger partial charge in [0.1, 0.15) is 6.10 Å². The van der Waals surface area contributed by atoms with Crippen molar-refractivity contribution in [1.29, 1.82) is 0 Å².